The normalized spacial score (nSPS) is 11.2. The first-order valence-electron chi connectivity index (χ1n) is 8.80. The van der Waals surface area contributed by atoms with Gasteiger partial charge in [-0.2, -0.15) is 0 Å². The number of carbonyl (C=O) groups is 1. The number of hydrogen-bond acceptors (Lipinski definition) is 6. The second kappa shape index (κ2) is 8.90. The molecule has 0 fully saturated rings. The Hall–Kier alpha value is -3.54. The number of nitrogens with zero attached hydrogens (tertiary/aromatic N) is 3. The van der Waals surface area contributed by atoms with E-state index >= 15 is 0 Å². The average Bonchev–Trinajstić information content (AvgIpc) is 2.72. The standard InChI is InChI=1S/C22H21N3O3/c1-15-11-17(13-19(22(26)27-3)21-24-9-6-10-25-21)12-16(2)20(15)28-14-18-7-4-5-8-23-18/h4-13H,14H2,1-3H3. The van der Waals surface area contributed by atoms with Crippen LogP contribution in [0.1, 0.15) is 28.2 Å². The van der Waals surface area contributed by atoms with Crippen molar-refractivity contribution >= 4 is 17.6 Å². The molecule has 0 saturated heterocycles. The van der Waals surface area contributed by atoms with Crippen molar-refractivity contribution < 1.29 is 14.3 Å². The van der Waals surface area contributed by atoms with Crippen molar-refractivity contribution in [3.05, 3.63) is 83.2 Å². The molecule has 0 unspecified atom stereocenters. The monoisotopic (exact) mass is 375 g/mol. The third-order valence-corrected chi connectivity index (χ3v) is 4.10. The Bertz CT molecular complexity index is 963. The van der Waals surface area contributed by atoms with Gasteiger partial charge in [-0.15, -0.1) is 0 Å². The molecular weight excluding hydrogens is 354 g/mol. The summed E-state index contributed by atoms with van der Waals surface area (Å²) in [6, 6.07) is 11.3. The third-order valence-electron chi connectivity index (χ3n) is 4.10. The zero-order chi connectivity index (χ0) is 19.9. The predicted octanol–water partition coefficient (Wildman–Crippen LogP) is 3.78. The van der Waals surface area contributed by atoms with Gasteiger partial charge in [0.1, 0.15) is 17.9 Å². The minimum atomic E-state index is -0.489. The molecule has 6 nitrogen and oxygen atoms in total. The van der Waals surface area contributed by atoms with Gasteiger partial charge in [-0.25, -0.2) is 14.8 Å². The van der Waals surface area contributed by atoms with Crippen LogP contribution in [0, 0.1) is 13.8 Å². The highest BCUT2D eigenvalue weighted by atomic mass is 16.5. The number of ether oxygens (including phenoxy) is 2. The van der Waals surface area contributed by atoms with Crippen LogP contribution >= 0.6 is 0 Å². The SMILES string of the molecule is COC(=O)C(=Cc1cc(C)c(OCc2ccccn2)c(C)c1)c1ncccn1. The van der Waals surface area contributed by atoms with E-state index in [2.05, 4.69) is 15.0 Å². The highest BCUT2D eigenvalue weighted by molar-refractivity contribution is 6.20. The maximum atomic E-state index is 12.2. The van der Waals surface area contributed by atoms with E-state index in [0.29, 0.717) is 18.0 Å². The molecule has 0 atom stereocenters. The van der Waals surface area contributed by atoms with Crippen LogP contribution in [0.15, 0.2) is 55.0 Å². The summed E-state index contributed by atoms with van der Waals surface area (Å²) in [5, 5.41) is 0. The fourth-order valence-electron chi connectivity index (χ4n) is 2.85. The number of esters is 1. The number of pyridine rings is 1. The Morgan fingerprint density at radius 1 is 1.00 bits per heavy atom. The number of benzene rings is 1. The molecule has 3 rings (SSSR count). The van der Waals surface area contributed by atoms with Crippen LogP contribution in [0.4, 0.5) is 0 Å². The number of carbonyl (C=O) groups excluding carboxylic acids is 1. The van der Waals surface area contributed by atoms with E-state index in [9.17, 15) is 4.79 Å². The van der Waals surface area contributed by atoms with E-state index in [0.717, 1.165) is 28.1 Å². The largest absolute Gasteiger partial charge is 0.487 e. The molecule has 0 radical (unpaired) electrons. The molecule has 0 amide bonds. The van der Waals surface area contributed by atoms with E-state index in [1.165, 1.54) is 7.11 Å². The summed E-state index contributed by atoms with van der Waals surface area (Å²) in [7, 11) is 1.34. The minimum absolute atomic E-state index is 0.295. The lowest BCUT2D eigenvalue weighted by Gasteiger charge is -2.13. The molecule has 0 saturated carbocycles. The van der Waals surface area contributed by atoms with Gasteiger partial charge in [0.15, 0.2) is 5.82 Å². The average molecular weight is 375 g/mol. The molecule has 0 aliphatic heterocycles. The quantitative estimate of drug-likeness (QED) is 0.482. The number of rotatable bonds is 6. The van der Waals surface area contributed by atoms with E-state index < -0.39 is 5.97 Å². The molecule has 1 aromatic carbocycles. The lowest BCUT2D eigenvalue weighted by Crippen LogP contribution is -2.07. The van der Waals surface area contributed by atoms with Crippen LogP contribution in [-0.4, -0.2) is 28.0 Å². The van der Waals surface area contributed by atoms with Crippen LogP contribution in [0.25, 0.3) is 11.6 Å². The highest BCUT2D eigenvalue weighted by Crippen LogP contribution is 2.27. The molecule has 6 heteroatoms. The Morgan fingerprint density at radius 2 is 1.68 bits per heavy atom. The molecule has 0 aliphatic rings. The highest BCUT2D eigenvalue weighted by Gasteiger charge is 2.16. The van der Waals surface area contributed by atoms with Crippen LogP contribution < -0.4 is 4.74 Å². The number of hydrogen-bond donors (Lipinski definition) is 0. The van der Waals surface area contributed by atoms with Gasteiger partial charge in [0, 0.05) is 18.6 Å². The summed E-state index contributed by atoms with van der Waals surface area (Å²) in [6.45, 7) is 4.33. The zero-order valence-electron chi connectivity index (χ0n) is 16.0. The third kappa shape index (κ3) is 4.59. The fraction of sp³-hybridized carbons (Fsp3) is 0.182. The molecule has 0 spiro atoms. The first-order valence-corrected chi connectivity index (χ1v) is 8.80. The van der Waals surface area contributed by atoms with Crippen LogP contribution in [0.5, 0.6) is 5.75 Å². The Balaban J connectivity index is 1.90. The van der Waals surface area contributed by atoms with Gasteiger partial charge in [-0.3, -0.25) is 4.98 Å². The summed E-state index contributed by atoms with van der Waals surface area (Å²) in [5.41, 5.74) is 3.91. The number of aromatic nitrogens is 3. The molecule has 28 heavy (non-hydrogen) atoms. The molecule has 0 aliphatic carbocycles. The topological polar surface area (TPSA) is 74.2 Å². The van der Waals surface area contributed by atoms with E-state index in [1.807, 2.05) is 44.2 Å². The van der Waals surface area contributed by atoms with Crippen molar-refractivity contribution in [3.8, 4) is 5.75 Å². The van der Waals surface area contributed by atoms with Gasteiger partial charge in [0.2, 0.25) is 0 Å². The Morgan fingerprint density at radius 3 is 2.29 bits per heavy atom. The summed E-state index contributed by atoms with van der Waals surface area (Å²) in [6.07, 6.45) is 6.64. The van der Waals surface area contributed by atoms with Gasteiger partial charge in [-0.1, -0.05) is 6.07 Å². The molecular formula is C22H21N3O3. The van der Waals surface area contributed by atoms with E-state index in [4.69, 9.17) is 9.47 Å². The first kappa shape index (κ1) is 19.2. The molecule has 0 bridgehead atoms. The smallest absolute Gasteiger partial charge is 0.341 e. The maximum absolute atomic E-state index is 12.2. The number of aryl methyl sites for hydroxylation is 2. The molecule has 2 heterocycles. The molecule has 2 aromatic heterocycles. The van der Waals surface area contributed by atoms with Crippen LogP contribution in [0.2, 0.25) is 0 Å². The van der Waals surface area contributed by atoms with Crippen molar-refractivity contribution in [2.24, 2.45) is 0 Å². The fourth-order valence-corrected chi connectivity index (χ4v) is 2.85. The van der Waals surface area contributed by atoms with Gasteiger partial charge in [0.25, 0.3) is 0 Å². The predicted molar refractivity (Wildman–Crippen MR) is 106 cm³/mol. The van der Waals surface area contributed by atoms with E-state index in [-0.39, 0.29) is 0 Å². The summed E-state index contributed by atoms with van der Waals surface area (Å²) in [4.78, 5) is 24.8. The van der Waals surface area contributed by atoms with Crippen molar-refractivity contribution in [3.63, 3.8) is 0 Å². The minimum Gasteiger partial charge on any atom is -0.487 e. The second-order valence-corrected chi connectivity index (χ2v) is 6.22. The van der Waals surface area contributed by atoms with Crippen molar-refractivity contribution in [2.75, 3.05) is 7.11 Å². The molecule has 142 valence electrons. The maximum Gasteiger partial charge on any atom is 0.341 e. The van der Waals surface area contributed by atoms with Gasteiger partial charge >= 0.3 is 5.97 Å². The Labute approximate surface area is 163 Å². The Kier molecular flexibility index (Phi) is 6.11. The van der Waals surface area contributed by atoms with Crippen LogP contribution in [0.3, 0.4) is 0 Å². The molecule has 3 aromatic rings. The number of methoxy groups -OCH3 is 1. The second-order valence-electron chi connectivity index (χ2n) is 6.22. The zero-order valence-corrected chi connectivity index (χ0v) is 16.0. The summed E-state index contributed by atoms with van der Waals surface area (Å²) >= 11 is 0. The van der Waals surface area contributed by atoms with Gasteiger partial charge in [-0.05, 0) is 66.9 Å². The van der Waals surface area contributed by atoms with Gasteiger partial charge < -0.3 is 9.47 Å². The van der Waals surface area contributed by atoms with Crippen LogP contribution in [-0.2, 0) is 16.1 Å². The van der Waals surface area contributed by atoms with Crippen molar-refractivity contribution in [2.45, 2.75) is 20.5 Å². The molecule has 0 N–H and O–H groups in total. The van der Waals surface area contributed by atoms with E-state index in [1.54, 1.807) is 30.7 Å². The lowest BCUT2D eigenvalue weighted by atomic mass is 10.0. The lowest BCUT2D eigenvalue weighted by molar-refractivity contribution is -0.133. The van der Waals surface area contributed by atoms with Crippen molar-refractivity contribution in [1.29, 1.82) is 0 Å². The van der Waals surface area contributed by atoms with Crippen molar-refractivity contribution in [1.82, 2.24) is 15.0 Å². The summed E-state index contributed by atoms with van der Waals surface area (Å²) in [5.74, 6) is 0.635. The van der Waals surface area contributed by atoms with Gasteiger partial charge in [0.05, 0.1) is 12.8 Å². The summed E-state index contributed by atoms with van der Waals surface area (Å²) < 4.78 is 10.9. The first-order chi connectivity index (χ1) is 13.6.